The van der Waals surface area contributed by atoms with Crippen molar-refractivity contribution in [2.75, 3.05) is 41.4 Å². The molecule has 11 heteroatoms. The monoisotopic (exact) mass is 588 g/mol. The molecule has 2 aromatic carbocycles. The number of carbonyl (C=O) groups excluding carboxylic acids is 3. The van der Waals surface area contributed by atoms with Gasteiger partial charge in [-0.05, 0) is 37.1 Å². The molecule has 0 aliphatic carbocycles. The van der Waals surface area contributed by atoms with Gasteiger partial charge < -0.3 is 33.2 Å². The zero-order valence-electron chi connectivity index (χ0n) is 25.2. The van der Waals surface area contributed by atoms with E-state index in [1.54, 1.807) is 32.8 Å². The van der Waals surface area contributed by atoms with Crippen LogP contribution in [0.5, 0.6) is 0 Å². The van der Waals surface area contributed by atoms with Gasteiger partial charge in [-0.1, -0.05) is 24.3 Å². The number of hydrogen-bond donors (Lipinski definition) is 0. The molecule has 1 aliphatic rings. The Hall–Kier alpha value is -4.61. The number of pyridine rings is 2. The summed E-state index contributed by atoms with van der Waals surface area (Å²) in [4.78, 5) is 62.9. The van der Waals surface area contributed by atoms with Crippen molar-refractivity contribution in [3.8, 4) is 0 Å². The topological polar surface area (TPSA) is 120 Å². The van der Waals surface area contributed by atoms with Crippen LogP contribution in [-0.4, -0.2) is 84.7 Å². The predicted octanol–water partition coefficient (Wildman–Crippen LogP) is 2.60. The average molecular weight is 589 g/mol. The van der Waals surface area contributed by atoms with Gasteiger partial charge in [0.1, 0.15) is 6.29 Å². The van der Waals surface area contributed by atoms with Gasteiger partial charge >= 0.3 is 0 Å². The number of rotatable bonds is 6. The van der Waals surface area contributed by atoms with Gasteiger partial charge in [0, 0.05) is 51.1 Å². The summed E-state index contributed by atoms with van der Waals surface area (Å²) in [5.74, 6) is -0.411. The highest BCUT2D eigenvalue weighted by molar-refractivity contribution is 6.07. The molecule has 226 valence electrons. The standard InChI is InChI=1S/C17H20N2O4.C15H16N2O3/c1-11-4-5-12-13(17(21)18(2)3)9-15(20)19(14(12)8-11)10-16-22-6-7-23-16;1-10-4-5-11-12(15(20)16(2)3)9-14(19)17(6-7-18)13(11)8-10/h4-5,8-9,16H,6-7,10H2,1-3H3;4-5,7-9H,6H2,1-3H3. The summed E-state index contributed by atoms with van der Waals surface area (Å²) >= 11 is 0. The zero-order chi connectivity index (χ0) is 31.4. The third kappa shape index (κ3) is 6.73. The Balaban J connectivity index is 0.000000199. The van der Waals surface area contributed by atoms with Crippen molar-refractivity contribution < 1.29 is 23.9 Å². The first-order valence-corrected chi connectivity index (χ1v) is 13.8. The number of carbonyl (C=O) groups is 3. The van der Waals surface area contributed by atoms with Gasteiger partial charge in [0.05, 0.1) is 48.5 Å². The number of aromatic nitrogens is 2. The van der Waals surface area contributed by atoms with Crippen LogP contribution in [0.25, 0.3) is 21.8 Å². The maximum atomic E-state index is 12.6. The summed E-state index contributed by atoms with van der Waals surface area (Å²) in [5, 5.41) is 1.43. The molecule has 0 N–H and O–H groups in total. The number of benzene rings is 2. The summed E-state index contributed by atoms with van der Waals surface area (Å²) in [6, 6.07) is 13.9. The Morgan fingerprint density at radius 2 is 1.21 bits per heavy atom. The second kappa shape index (κ2) is 13.1. The van der Waals surface area contributed by atoms with E-state index in [-0.39, 0.29) is 29.5 Å². The van der Waals surface area contributed by atoms with E-state index in [1.165, 1.54) is 26.5 Å². The molecule has 2 aromatic heterocycles. The Labute approximate surface area is 248 Å². The lowest BCUT2D eigenvalue weighted by molar-refractivity contribution is -0.108. The number of aryl methyl sites for hydroxylation is 2. The van der Waals surface area contributed by atoms with Crippen LogP contribution in [0.15, 0.2) is 58.1 Å². The molecule has 0 bridgehead atoms. The van der Waals surface area contributed by atoms with Crippen LogP contribution in [0.3, 0.4) is 0 Å². The molecule has 1 saturated heterocycles. The minimum atomic E-state index is -0.424. The lowest BCUT2D eigenvalue weighted by Gasteiger charge is -2.18. The van der Waals surface area contributed by atoms with Crippen molar-refractivity contribution in [1.82, 2.24) is 18.9 Å². The first-order valence-electron chi connectivity index (χ1n) is 13.8. The SMILES string of the molecule is Cc1ccc2c(C(=O)N(C)C)cc(=O)n(CC3OCCO3)c2c1.Cc1ccc2c(C(=O)N(C)C)cc(=O)n(CC=O)c2c1. The van der Waals surface area contributed by atoms with Crippen LogP contribution in [0.4, 0.5) is 0 Å². The highest BCUT2D eigenvalue weighted by atomic mass is 16.7. The molecule has 4 aromatic rings. The van der Waals surface area contributed by atoms with E-state index in [1.807, 2.05) is 50.2 Å². The van der Waals surface area contributed by atoms with Gasteiger partial charge in [-0.3, -0.25) is 19.2 Å². The third-order valence-electron chi connectivity index (χ3n) is 7.09. The largest absolute Gasteiger partial charge is 0.348 e. The smallest absolute Gasteiger partial charge is 0.254 e. The van der Waals surface area contributed by atoms with E-state index in [0.717, 1.165) is 22.0 Å². The fourth-order valence-corrected chi connectivity index (χ4v) is 4.93. The molecule has 11 nitrogen and oxygen atoms in total. The highest BCUT2D eigenvalue weighted by Crippen LogP contribution is 2.22. The van der Waals surface area contributed by atoms with Crippen LogP contribution in [0, 0.1) is 13.8 Å². The molecular weight excluding hydrogens is 552 g/mol. The predicted molar refractivity (Wildman–Crippen MR) is 164 cm³/mol. The van der Waals surface area contributed by atoms with E-state index >= 15 is 0 Å². The molecule has 3 heterocycles. The van der Waals surface area contributed by atoms with Crippen molar-refractivity contribution in [3.63, 3.8) is 0 Å². The van der Waals surface area contributed by atoms with Crippen LogP contribution < -0.4 is 11.1 Å². The first-order chi connectivity index (χ1) is 20.4. The van der Waals surface area contributed by atoms with Crippen molar-refractivity contribution in [2.24, 2.45) is 0 Å². The Morgan fingerprint density at radius 3 is 1.65 bits per heavy atom. The first kappa shape index (κ1) is 31.3. The van der Waals surface area contributed by atoms with Gasteiger partial charge in [-0.2, -0.15) is 0 Å². The molecule has 1 fully saturated rings. The molecule has 0 atom stereocenters. The lowest BCUT2D eigenvalue weighted by Crippen LogP contribution is -2.30. The number of ether oxygens (including phenoxy) is 2. The van der Waals surface area contributed by atoms with Crippen LogP contribution in [0.2, 0.25) is 0 Å². The zero-order valence-corrected chi connectivity index (χ0v) is 25.2. The normalized spacial score (nSPS) is 13.1. The van der Waals surface area contributed by atoms with Gasteiger partial charge in [0.2, 0.25) is 0 Å². The minimum Gasteiger partial charge on any atom is -0.348 e. The minimum absolute atomic E-state index is 0.0186. The third-order valence-corrected chi connectivity index (χ3v) is 7.09. The molecule has 5 rings (SSSR count). The maximum absolute atomic E-state index is 12.6. The molecule has 2 amide bonds. The summed E-state index contributed by atoms with van der Waals surface area (Å²) in [6.07, 6.45) is 0.253. The summed E-state index contributed by atoms with van der Waals surface area (Å²) in [7, 11) is 6.63. The number of amides is 2. The van der Waals surface area contributed by atoms with Crippen molar-refractivity contribution in [2.45, 2.75) is 33.2 Å². The van der Waals surface area contributed by atoms with Crippen molar-refractivity contribution in [1.29, 1.82) is 0 Å². The lowest BCUT2D eigenvalue weighted by atomic mass is 10.1. The quantitative estimate of drug-likeness (QED) is 0.318. The molecule has 43 heavy (non-hydrogen) atoms. The van der Waals surface area contributed by atoms with E-state index in [9.17, 15) is 24.0 Å². The summed E-state index contributed by atoms with van der Waals surface area (Å²) < 4.78 is 13.9. The van der Waals surface area contributed by atoms with Crippen molar-refractivity contribution >= 4 is 39.9 Å². The number of fused-ring (bicyclic) bond motifs is 2. The second-order valence-electron chi connectivity index (χ2n) is 10.8. The van der Waals surface area contributed by atoms with Crippen LogP contribution in [0.1, 0.15) is 31.8 Å². The van der Waals surface area contributed by atoms with Crippen molar-refractivity contribution in [3.05, 3.63) is 91.5 Å². The van der Waals surface area contributed by atoms with E-state index in [2.05, 4.69) is 0 Å². The second-order valence-corrected chi connectivity index (χ2v) is 10.8. The van der Waals surface area contributed by atoms with E-state index in [4.69, 9.17) is 9.47 Å². The van der Waals surface area contributed by atoms with Crippen LogP contribution >= 0.6 is 0 Å². The van der Waals surface area contributed by atoms with Gasteiger partial charge in [-0.25, -0.2) is 0 Å². The molecule has 0 radical (unpaired) electrons. The fourth-order valence-electron chi connectivity index (χ4n) is 4.93. The van der Waals surface area contributed by atoms with Gasteiger partial charge in [0.25, 0.3) is 22.9 Å². The highest BCUT2D eigenvalue weighted by Gasteiger charge is 2.21. The Morgan fingerprint density at radius 1 is 0.767 bits per heavy atom. The van der Waals surface area contributed by atoms with Crippen LogP contribution in [-0.2, 0) is 27.4 Å². The summed E-state index contributed by atoms with van der Waals surface area (Å²) in [6.45, 7) is 5.22. The number of hydrogen-bond acceptors (Lipinski definition) is 7. The van der Waals surface area contributed by atoms with Gasteiger partial charge in [-0.15, -0.1) is 0 Å². The molecule has 0 unspecified atom stereocenters. The average Bonchev–Trinajstić information content (AvgIpc) is 3.48. The van der Waals surface area contributed by atoms with E-state index < -0.39 is 6.29 Å². The number of nitrogens with zero attached hydrogens (tertiary/aromatic N) is 4. The summed E-state index contributed by atoms with van der Waals surface area (Å²) in [5.41, 5.74) is 3.51. The maximum Gasteiger partial charge on any atom is 0.254 e. The molecule has 0 spiro atoms. The Kier molecular flexibility index (Phi) is 9.57. The van der Waals surface area contributed by atoms with E-state index in [0.29, 0.717) is 48.1 Å². The number of aldehydes is 1. The Bertz CT molecular complexity index is 1820. The molecule has 1 aliphatic heterocycles. The fraction of sp³-hybridized carbons (Fsp3) is 0.344. The molecular formula is C32H36N4O7. The van der Waals surface area contributed by atoms with Gasteiger partial charge in [0.15, 0.2) is 6.29 Å². The molecule has 0 saturated carbocycles.